The molecule has 0 fully saturated rings. The number of hydrogen-bond acceptors (Lipinski definition) is 3. The van der Waals surface area contributed by atoms with E-state index in [1.54, 1.807) is 7.11 Å². The van der Waals surface area contributed by atoms with Crippen LogP contribution in [-0.2, 0) is 14.3 Å². The van der Waals surface area contributed by atoms with E-state index >= 15 is 0 Å². The number of nitrogens with zero attached hydrogens (tertiary/aromatic N) is 1. The first-order chi connectivity index (χ1) is 9.95. The number of aryl methyl sites for hydroxylation is 1. The fourth-order valence-corrected chi connectivity index (χ4v) is 2.55. The van der Waals surface area contributed by atoms with E-state index < -0.39 is 0 Å². The zero-order valence-corrected chi connectivity index (χ0v) is 14.2. The molecule has 0 aromatic heterocycles. The van der Waals surface area contributed by atoms with Gasteiger partial charge in [0.15, 0.2) is 0 Å². The van der Waals surface area contributed by atoms with Gasteiger partial charge in [-0.05, 0) is 47.0 Å². The Kier molecular flexibility index (Phi) is 7.39. The maximum absolute atomic E-state index is 11.9. The Bertz CT molecular complexity index is 506. The summed E-state index contributed by atoms with van der Waals surface area (Å²) in [5, 5.41) is 2.78. The molecule has 0 aliphatic rings. The monoisotopic (exact) mass is 356 g/mol. The number of ether oxygens (including phenoxy) is 1. The lowest BCUT2D eigenvalue weighted by atomic mass is 10.2. The van der Waals surface area contributed by atoms with Crippen LogP contribution >= 0.6 is 15.9 Å². The molecule has 0 saturated carbocycles. The molecule has 0 bridgehead atoms. The van der Waals surface area contributed by atoms with Crippen molar-refractivity contribution in [3.05, 3.63) is 28.2 Å². The topological polar surface area (TPSA) is 58.6 Å². The molecule has 5 nitrogen and oxygen atoms in total. The molecule has 1 aromatic carbocycles. The smallest absolute Gasteiger partial charge is 0.240 e. The number of halogens is 1. The summed E-state index contributed by atoms with van der Waals surface area (Å²) >= 11 is 3.44. The number of methoxy groups -OCH3 is 1. The van der Waals surface area contributed by atoms with Crippen molar-refractivity contribution in [3.63, 3.8) is 0 Å². The maximum Gasteiger partial charge on any atom is 0.240 e. The van der Waals surface area contributed by atoms with Gasteiger partial charge in [-0.3, -0.25) is 9.59 Å². The number of amides is 2. The van der Waals surface area contributed by atoms with Crippen LogP contribution in [0.3, 0.4) is 0 Å². The number of carbonyl (C=O) groups excluding carboxylic acids is 2. The van der Waals surface area contributed by atoms with Crippen LogP contribution < -0.4 is 10.2 Å². The average Bonchev–Trinajstić information content (AvgIpc) is 2.41. The molecule has 1 rings (SSSR count). The van der Waals surface area contributed by atoms with Gasteiger partial charge in [0.2, 0.25) is 11.8 Å². The highest BCUT2D eigenvalue weighted by Crippen LogP contribution is 2.27. The summed E-state index contributed by atoms with van der Waals surface area (Å²) in [4.78, 5) is 25.2. The van der Waals surface area contributed by atoms with E-state index in [1.165, 1.54) is 11.8 Å². The van der Waals surface area contributed by atoms with Gasteiger partial charge in [0.25, 0.3) is 0 Å². The Morgan fingerprint density at radius 3 is 2.67 bits per heavy atom. The Labute approximate surface area is 133 Å². The summed E-state index contributed by atoms with van der Waals surface area (Å²) in [5.41, 5.74) is 1.78. The number of anilines is 1. The first kappa shape index (κ1) is 17.7. The molecule has 0 heterocycles. The van der Waals surface area contributed by atoms with Crippen molar-refractivity contribution in [2.24, 2.45) is 0 Å². The van der Waals surface area contributed by atoms with Gasteiger partial charge in [0.05, 0.1) is 5.69 Å². The van der Waals surface area contributed by atoms with Crippen LogP contribution in [0, 0.1) is 6.92 Å². The molecule has 0 saturated heterocycles. The second kappa shape index (κ2) is 8.79. The molecule has 0 radical (unpaired) electrons. The van der Waals surface area contributed by atoms with Crippen LogP contribution in [-0.4, -0.2) is 38.6 Å². The Morgan fingerprint density at radius 1 is 1.38 bits per heavy atom. The zero-order chi connectivity index (χ0) is 15.8. The minimum Gasteiger partial charge on any atom is -0.385 e. The van der Waals surface area contributed by atoms with Gasteiger partial charge in [-0.1, -0.05) is 6.07 Å². The second-order valence-electron chi connectivity index (χ2n) is 4.76. The van der Waals surface area contributed by atoms with E-state index in [4.69, 9.17) is 4.74 Å². The van der Waals surface area contributed by atoms with E-state index in [0.717, 1.165) is 16.5 Å². The van der Waals surface area contributed by atoms with Crippen molar-refractivity contribution in [2.75, 3.05) is 31.7 Å². The second-order valence-corrected chi connectivity index (χ2v) is 5.61. The van der Waals surface area contributed by atoms with Gasteiger partial charge < -0.3 is 15.0 Å². The van der Waals surface area contributed by atoms with Gasteiger partial charge in [0, 0.05) is 31.7 Å². The number of rotatable bonds is 7. The lowest BCUT2D eigenvalue weighted by Gasteiger charge is -2.22. The van der Waals surface area contributed by atoms with Crippen LogP contribution in [0.5, 0.6) is 0 Å². The molecular weight excluding hydrogens is 336 g/mol. The van der Waals surface area contributed by atoms with E-state index in [-0.39, 0.29) is 18.4 Å². The number of nitrogens with one attached hydrogen (secondary N) is 1. The third kappa shape index (κ3) is 5.85. The highest BCUT2D eigenvalue weighted by Gasteiger charge is 2.17. The van der Waals surface area contributed by atoms with Crippen molar-refractivity contribution >= 4 is 33.4 Å². The molecule has 0 atom stereocenters. The first-order valence-electron chi connectivity index (χ1n) is 6.75. The fraction of sp³-hybridized carbons (Fsp3) is 0.467. The highest BCUT2D eigenvalue weighted by atomic mass is 79.9. The summed E-state index contributed by atoms with van der Waals surface area (Å²) in [6.07, 6.45) is 0.747. The molecule has 2 amide bonds. The van der Waals surface area contributed by atoms with E-state index in [1.807, 2.05) is 25.1 Å². The van der Waals surface area contributed by atoms with Crippen molar-refractivity contribution < 1.29 is 14.3 Å². The first-order valence-corrected chi connectivity index (χ1v) is 7.55. The van der Waals surface area contributed by atoms with Crippen molar-refractivity contribution in [2.45, 2.75) is 20.3 Å². The molecular formula is C15H21BrN2O3. The summed E-state index contributed by atoms with van der Waals surface area (Å²) < 4.78 is 5.71. The Balaban J connectivity index is 2.70. The fourth-order valence-electron chi connectivity index (χ4n) is 1.84. The zero-order valence-electron chi connectivity index (χ0n) is 12.6. The van der Waals surface area contributed by atoms with Gasteiger partial charge >= 0.3 is 0 Å². The summed E-state index contributed by atoms with van der Waals surface area (Å²) in [5.74, 6) is -0.361. The lowest BCUT2D eigenvalue weighted by molar-refractivity contribution is -0.123. The molecule has 6 heteroatoms. The van der Waals surface area contributed by atoms with Crippen molar-refractivity contribution in [1.29, 1.82) is 0 Å². The quantitative estimate of drug-likeness (QED) is 0.762. The van der Waals surface area contributed by atoms with Gasteiger partial charge in [-0.25, -0.2) is 0 Å². The molecule has 1 aromatic rings. The summed E-state index contributed by atoms with van der Waals surface area (Å²) in [7, 11) is 1.62. The number of hydrogen-bond donors (Lipinski definition) is 1. The van der Waals surface area contributed by atoms with Gasteiger partial charge in [-0.15, -0.1) is 0 Å². The predicted octanol–water partition coefficient (Wildman–Crippen LogP) is 2.26. The lowest BCUT2D eigenvalue weighted by Crippen LogP contribution is -2.40. The van der Waals surface area contributed by atoms with Crippen LogP contribution in [0.4, 0.5) is 5.69 Å². The predicted molar refractivity (Wildman–Crippen MR) is 86.4 cm³/mol. The van der Waals surface area contributed by atoms with E-state index in [9.17, 15) is 9.59 Å². The van der Waals surface area contributed by atoms with Crippen molar-refractivity contribution in [3.8, 4) is 0 Å². The third-order valence-electron chi connectivity index (χ3n) is 2.92. The molecule has 0 aliphatic heterocycles. The molecule has 21 heavy (non-hydrogen) atoms. The van der Waals surface area contributed by atoms with Gasteiger partial charge in [0.1, 0.15) is 6.54 Å². The standard InChI is InChI=1S/C15H21BrN2O3/c1-11-5-6-14(13(16)9-11)18(12(2)19)10-15(20)17-7-4-8-21-3/h5-6,9H,4,7-8,10H2,1-3H3,(H,17,20). The van der Waals surface area contributed by atoms with Crippen LogP contribution in [0.25, 0.3) is 0 Å². The molecule has 116 valence electrons. The normalized spacial score (nSPS) is 10.3. The number of benzene rings is 1. The molecule has 1 N–H and O–H groups in total. The molecule has 0 spiro atoms. The maximum atomic E-state index is 11.9. The minimum absolute atomic E-state index is 0.00394. The molecule has 0 aliphatic carbocycles. The van der Waals surface area contributed by atoms with Crippen molar-refractivity contribution in [1.82, 2.24) is 5.32 Å². The van der Waals surface area contributed by atoms with E-state index in [0.29, 0.717) is 18.8 Å². The third-order valence-corrected chi connectivity index (χ3v) is 3.56. The summed E-state index contributed by atoms with van der Waals surface area (Å²) in [6, 6.07) is 5.66. The average molecular weight is 357 g/mol. The molecule has 0 unspecified atom stereocenters. The summed E-state index contributed by atoms with van der Waals surface area (Å²) in [6.45, 7) is 4.55. The Morgan fingerprint density at radius 2 is 2.10 bits per heavy atom. The SMILES string of the molecule is COCCCNC(=O)CN(C(C)=O)c1ccc(C)cc1Br. The Hall–Kier alpha value is -1.40. The number of carbonyl (C=O) groups is 2. The van der Waals surface area contributed by atoms with Gasteiger partial charge in [-0.2, -0.15) is 0 Å². The van der Waals surface area contributed by atoms with E-state index in [2.05, 4.69) is 21.2 Å². The minimum atomic E-state index is -0.186. The van der Waals surface area contributed by atoms with Crippen LogP contribution in [0.2, 0.25) is 0 Å². The highest BCUT2D eigenvalue weighted by molar-refractivity contribution is 9.10. The van der Waals surface area contributed by atoms with Crippen LogP contribution in [0.15, 0.2) is 22.7 Å². The largest absolute Gasteiger partial charge is 0.385 e. The van der Waals surface area contributed by atoms with Crippen LogP contribution in [0.1, 0.15) is 18.9 Å².